The summed E-state index contributed by atoms with van der Waals surface area (Å²) in [6.07, 6.45) is 11.3. The number of nitrogens with one attached hydrogen (secondary N) is 1. The van der Waals surface area contributed by atoms with E-state index in [0.717, 1.165) is 4.90 Å². The lowest BCUT2D eigenvalue weighted by molar-refractivity contribution is -0.929. The van der Waals surface area contributed by atoms with Crippen LogP contribution >= 0.6 is 0 Å². The van der Waals surface area contributed by atoms with Crippen molar-refractivity contribution in [3.63, 3.8) is 0 Å². The van der Waals surface area contributed by atoms with Gasteiger partial charge in [-0.1, -0.05) is 53.4 Å². The van der Waals surface area contributed by atoms with Crippen LogP contribution in [0.4, 0.5) is 9.59 Å². The van der Waals surface area contributed by atoms with Gasteiger partial charge in [-0.15, -0.1) is 4.28 Å². The number of carboxylic acid groups (broad SMARTS) is 1. The molecule has 2 heterocycles. The molecule has 15 heteroatoms. The molecular formula is C33H65N5O9S. The lowest BCUT2D eigenvalue weighted by atomic mass is 10.0. The summed E-state index contributed by atoms with van der Waals surface area (Å²) in [5, 5.41) is 11.9. The van der Waals surface area contributed by atoms with Gasteiger partial charge in [-0.05, 0) is 79.1 Å². The lowest BCUT2D eigenvalue weighted by Gasteiger charge is -2.42. The van der Waals surface area contributed by atoms with Gasteiger partial charge in [0.15, 0.2) is 0 Å². The number of piperidine rings is 1. The maximum absolute atomic E-state index is 12.4. The van der Waals surface area contributed by atoms with Crippen molar-refractivity contribution in [1.29, 1.82) is 0 Å². The van der Waals surface area contributed by atoms with E-state index in [1.165, 1.54) is 86.9 Å². The third-order valence-corrected chi connectivity index (χ3v) is 9.49. The Morgan fingerprint density at radius 1 is 0.979 bits per heavy atom. The van der Waals surface area contributed by atoms with Crippen LogP contribution in [0.2, 0.25) is 0 Å². The number of quaternary nitrogens is 1. The number of hydrogen-bond donors (Lipinski definition) is 2. The maximum atomic E-state index is 12.4. The molecule has 4 amide bonds. The van der Waals surface area contributed by atoms with Gasteiger partial charge in [-0.2, -0.15) is 13.5 Å². The molecule has 3 atom stereocenters. The average molecular weight is 708 g/mol. The van der Waals surface area contributed by atoms with Crippen LogP contribution in [-0.2, 0) is 24.3 Å². The molecule has 48 heavy (non-hydrogen) atoms. The summed E-state index contributed by atoms with van der Waals surface area (Å²) < 4.78 is 36.3. The van der Waals surface area contributed by atoms with E-state index >= 15 is 0 Å². The first kappa shape index (κ1) is 43.8. The summed E-state index contributed by atoms with van der Waals surface area (Å²) in [5.74, 6) is -0.570. The van der Waals surface area contributed by atoms with E-state index in [1.54, 1.807) is 27.7 Å². The standard InChI is InChI=1S/C17H30N4O9S.C16H36N/c1-11(20(16(24)25)17(2,3)4)6-5-9-29-18-14(22)13-8-7-12-10-19(13)15(23)21(12)30-31(26,27)28;1-5-9-13-17(14-10-6-2,15-11-7-3)16-12-8-4/h11-13H,5-10H2,1-4H3,(H,18,22)(H,24,25)(H,26,27,28);5-16H2,1-4H3/q;+1/p-1/t11?,12-,13+;/m1./s1. The van der Waals surface area contributed by atoms with Crippen LogP contribution in [0.15, 0.2) is 0 Å². The van der Waals surface area contributed by atoms with Crippen molar-refractivity contribution >= 4 is 28.4 Å². The molecule has 14 nitrogen and oxygen atoms in total. The Balaban J connectivity index is 0.000000576. The fourth-order valence-electron chi connectivity index (χ4n) is 6.63. The number of nitrogens with zero attached hydrogens (tertiary/aromatic N) is 4. The van der Waals surface area contributed by atoms with E-state index in [1.807, 2.05) is 0 Å². The number of rotatable bonds is 21. The Kier molecular flexibility index (Phi) is 19.3. The molecule has 2 N–H and O–H groups in total. The first-order valence-electron chi connectivity index (χ1n) is 18.0. The second-order valence-electron chi connectivity index (χ2n) is 14.3. The van der Waals surface area contributed by atoms with Crippen LogP contribution in [0, 0.1) is 0 Å². The van der Waals surface area contributed by atoms with Crippen molar-refractivity contribution in [3.05, 3.63) is 0 Å². The molecule has 2 rings (SSSR count). The molecule has 0 aromatic heterocycles. The number of hydrogen-bond acceptors (Lipinski definition) is 8. The summed E-state index contributed by atoms with van der Waals surface area (Å²) in [6, 6.07) is -2.60. The number of urea groups is 1. The van der Waals surface area contributed by atoms with Crippen molar-refractivity contribution in [1.82, 2.24) is 20.3 Å². The van der Waals surface area contributed by atoms with Crippen LogP contribution in [0.3, 0.4) is 0 Å². The van der Waals surface area contributed by atoms with E-state index in [0.29, 0.717) is 24.3 Å². The predicted octanol–water partition coefficient (Wildman–Crippen LogP) is 4.65. The maximum Gasteiger partial charge on any atom is 0.418 e. The summed E-state index contributed by atoms with van der Waals surface area (Å²) in [4.78, 5) is 43.6. The largest absolute Gasteiger partial charge is 0.530 e. The van der Waals surface area contributed by atoms with Crippen LogP contribution in [0.1, 0.15) is 132 Å². The second-order valence-corrected chi connectivity index (χ2v) is 15.3. The van der Waals surface area contributed by atoms with E-state index in [4.69, 9.17) is 9.39 Å². The van der Waals surface area contributed by atoms with Crippen molar-refractivity contribution < 1.29 is 46.1 Å². The topological polar surface area (TPSA) is 169 Å². The third kappa shape index (κ3) is 14.7. The summed E-state index contributed by atoms with van der Waals surface area (Å²) in [6.45, 7) is 22.3. The molecule has 0 aromatic rings. The van der Waals surface area contributed by atoms with Crippen molar-refractivity contribution in [3.8, 4) is 0 Å². The molecule has 2 bridgehead atoms. The summed E-state index contributed by atoms with van der Waals surface area (Å²) in [5.41, 5.74) is 1.66. The lowest BCUT2D eigenvalue weighted by Crippen LogP contribution is -2.55. The highest BCUT2D eigenvalue weighted by Crippen LogP contribution is 2.30. The van der Waals surface area contributed by atoms with Crippen molar-refractivity contribution in [2.45, 2.75) is 156 Å². The zero-order valence-corrected chi connectivity index (χ0v) is 31.7. The third-order valence-electron chi connectivity index (χ3n) is 9.15. The molecule has 282 valence electrons. The van der Waals surface area contributed by atoms with Gasteiger partial charge in [0, 0.05) is 18.1 Å². The van der Waals surface area contributed by atoms with Gasteiger partial charge in [0.05, 0.1) is 38.8 Å². The van der Waals surface area contributed by atoms with Crippen LogP contribution in [0.25, 0.3) is 0 Å². The van der Waals surface area contributed by atoms with Gasteiger partial charge in [0.1, 0.15) is 12.1 Å². The monoisotopic (exact) mass is 707 g/mol. The molecular weight excluding hydrogens is 642 g/mol. The Bertz CT molecular complexity index is 1050. The predicted molar refractivity (Wildman–Crippen MR) is 183 cm³/mol. The second kappa shape index (κ2) is 21.1. The Hall–Kier alpha value is -2.20. The van der Waals surface area contributed by atoms with E-state index in [-0.39, 0.29) is 25.6 Å². The van der Waals surface area contributed by atoms with Gasteiger partial charge in [-0.3, -0.25) is 14.2 Å². The molecule has 0 spiro atoms. The quantitative estimate of drug-likeness (QED) is 0.0747. The van der Waals surface area contributed by atoms with Crippen molar-refractivity contribution in [2.24, 2.45) is 0 Å². The number of carbonyl (C=O) groups is 3. The fourth-order valence-corrected chi connectivity index (χ4v) is 7.02. The first-order chi connectivity index (χ1) is 22.5. The molecule has 2 aliphatic heterocycles. The average Bonchev–Trinajstić information content (AvgIpc) is 3.22. The van der Waals surface area contributed by atoms with E-state index in [2.05, 4.69) is 37.5 Å². The number of hydroxylamine groups is 3. The highest BCUT2D eigenvalue weighted by atomic mass is 32.3. The first-order valence-corrected chi connectivity index (χ1v) is 19.4. The van der Waals surface area contributed by atoms with Gasteiger partial charge in [-0.25, -0.2) is 10.3 Å². The zero-order chi connectivity index (χ0) is 36.5. The van der Waals surface area contributed by atoms with Crippen LogP contribution in [-0.4, -0.2) is 113 Å². The van der Waals surface area contributed by atoms with Crippen LogP contribution < -0.4 is 10.6 Å². The highest BCUT2D eigenvalue weighted by molar-refractivity contribution is 7.80. The summed E-state index contributed by atoms with van der Waals surface area (Å²) >= 11 is 0. The SMILES string of the molecule is CC(CCCONC(=O)[C@@H]1CC[C@@H]2CN1C(=O)N2OS(=O)(=O)O)N(C(=O)[O-])C(C)(C)C.CCCC[N+](CCCC)(CCCC)CCCC. The number of unbranched alkanes of at least 4 members (excludes halogenated alkanes) is 4. The fraction of sp³-hybridized carbons (Fsp3) is 0.909. The normalized spacial score (nSPS) is 18.7. The summed E-state index contributed by atoms with van der Waals surface area (Å²) in [7, 11) is -4.86. The molecule has 2 saturated heterocycles. The highest BCUT2D eigenvalue weighted by Gasteiger charge is 2.49. The minimum absolute atomic E-state index is 0.0792. The molecule has 0 radical (unpaired) electrons. The van der Waals surface area contributed by atoms with Crippen LogP contribution in [0.5, 0.6) is 0 Å². The molecule has 0 aromatic carbocycles. The van der Waals surface area contributed by atoms with Gasteiger partial charge >= 0.3 is 16.4 Å². The zero-order valence-electron chi connectivity index (χ0n) is 30.9. The molecule has 1 unspecified atom stereocenters. The molecule has 0 aliphatic carbocycles. The molecule has 0 saturated carbocycles. The minimum atomic E-state index is -4.86. The molecule has 2 fully saturated rings. The van der Waals surface area contributed by atoms with Crippen molar-refractivity contribution in [2.75, 3.05) is 39.3 Å². The Morgan fingerprint density at radius 2 is 1.48 bits per heavy atom. The number of amides is 4. The molecule has 2 aliphatic rings. The van der Waals surface area contributed by atoms with E-state index < -0.39 is 46.1 Å². The minimum Gasteiger partial charge on any atom is -0.530 e. The number of carbonyl (C=O) groups excluding carboxylic acids is 3. The van der Waals surface area contributed by atoms with Gasteiger partial charge in [0.2, 0.25) is 0 Å². The van der Waals surface area contributed by atoms with Gasteiger partial charge in [0.25, 0.3) is 5.91 Å². The van der Waals surface area contributed by atoms with Gasteiger partial charge < -0.3 is 24.2 Å². The number of fused-ring (bicyclic) bond motifs is 2. The Labute approximate surface area is 289 Å². The Morgan fingerprint density at radius 3 is 1.90 bits per heavy atom. The van der Waals surface area contributed by atoms with E-state index in [9.17, 15) is 27.9 Å². The smallest absolute Gasteiger partial charge is 0.418 e.